The second-order valence-corrected chi connectivity index (χ2v) is 27.7. The van der Waals surface area contributed by atoms with Gasteiger partial charge in [-0.1, -0.05) is 173 Å². The fourth-order valence-corrected chi connectivity index (χ4v) is 10.0. The first-order valence-corrected chi connectivity index (χ1v) is 27.0. The van der Waals surface area contributed by atoms with Crippen LogP contribution in [-0.2, 0) is 20.1 Å². The minimum atomic E-state index is -1.57. The van der Waals surface area contributed by atoms with Crippen molar-refractivity contribution in [2.24, 2.45) is 0 Å². The van der Waals surface area contributed by atoms with Gasteiger partial charge in [0.15, 0.2) is 0 Å². The van der Waals surface area contributed by atoms with Crippen molar-refractivity contribution in [1.82, 2.24) is 9.97 Å². The predicted molar refractivity (Wildman–Crippen MR) is 249 cm³/mol. The molecular weight excluding hydrogens is 917 g/mol. The molecule has 8 rings (SSSR count). The van der Waals surface area contributed by atoms with Crippen molar-refractivity contribution in [3.63, 3.8) is 0 Å². The van der Waals surface area contributed by atoms with Gasteiger partial charge >= 0.3 is 0 Å². The molecule has 0 amide bonds. The number of furan rings is 1. The summed E-state index contributed by atoms with van der Waals surface area (Å²) in [5.41, 5.74) is 12.5. The molecule has 58 heavy (non-hydrogen) atoms. The van der Waals surface area contributed by atoms with E-state index in [1.54, 1.807) is 0 Å². The van der Waals surface area contributed by atoms with E-state index in [1.165, 1.54) is 32.6 Å². The summed E-state index contributed by atoms with van der Waals surface area (Å²) in [5, 5.41) is 4.96. The number of benzene rings is 5. The van der Waals surface area contributed by atoms with Crippen molar-refractivity contribution >= 4 is 48.5 Å². The number of hydrogen-bond donors (Lipinski definition) is 0. The van der Waals surface area contributed by atoms with Gasteiger partial charge in [0, 0.05) is 39.3 Å². The summed E-state index contributed by atoms with van der Waals surface area (Å²) in [5.74, 6) is -0.203. The molecule has 5 aromatic carbocycles. The van der Waals surface area contributed by atoms with Crippen LogP contribution in [0.15, 0.2) is 138 Å². The molecule has 1 radical (unpaired) electrons. The van der Waals surface area contributed by atoms with Gasteiger partial charge in [-0.05, 0) is 57.2 Å². The minimum absolute atomic E-state index is 0. The average molecular weight is 972 g/mol. The van der Waals surface area contributed by atoms with E-state index in [-0.39, 0.29) is 20.1 Å². The van der Waals surface area contributed by atoms with E-state index >= 15 is 0 Å². The predicted octanol–water partition coefficient (Wildman–Crippen LogP) is 13.7. The molecule has 3 nitrogen and oxygen atoms in total. The fraction of sp³-hybridized carbons (Fsp3) is 0.231. The zero-order valence-corrected chi connectivity index (χ0v) is 39.8. The Morgan fingerprint density at radius 1 is 0.621 bits per heavy atom. The summed E-state index contributed by atoms with van der Waals surface area (Å²) in [4.78, 5) is 9.36. The number of fused-ring (bicyclic) bond motifs is 3. The Morgan fingerprint density at radius 2 is 1.29 bits per heavy atom. The first-order valence-electron chi connectivity index (χ1n) is 20.5. The van der Waals surface area contributed by atoms with Crippen molar-refractivity contribution in [2.75, 3.05) is 0 Å². The van der Waals surface area contributed by atoms with Gasteiger partial charge in [0.05, 0.1) is 21.7 Å². The smallest absolute Gasteiger partial charge is 0.121 e. The normalized spacial score (nSPS) is 12.2. The van der Waals surface area contributed by atoms with Crippen LogP contribution in [0.4, 0.5) is 0 Å². The number of aromatic nitrogens is 2. The standard InChI is InChI=1S/C29H28NOSi.C23H26NSi.Ir/c1-19(2)21-15-16-30-27(17-21)26-8-6-7-25-24-14-11-22(18-28(24)31-29(25)26)20-9-12-23(13-10-20)32(3,4)5;1-17(2)21-15-22(24-16-23(21)25(3,4)5)20-13-9-12-19(14-20)18-10-7-6-8-11-18;/h6-7,9-19H,1-5H3;6-12,14-17H,1-5H3;/q2*-1;/i;17D;. The Hall–Kier alpha value is -4.72. The molecule has 297 valence electrons. The number of hydrogen-bond acceptors (Lipinski definition) is 3. The molecule has 0 fully saturated rings. The Morgan fingerprint density at radius 3 is 1.97 bits per heavy atom. The molecule has 0 aliphatic rings. The van der Waals surface area contributed by atoms with Crippen LogP contribution < -0.4 is 10.4 Å². The maximum absolute atomic E-state index is 8.61. The van der Waals surface area contributed by atoms with Crippen LogP contribution in [0.25, 0.3) is 66.7 Å². The Kier molecular flexibility index (Phi) is 12.6. The van der Waals surface area contributed by atoms with Crippen LogP contribution in [0.3, 0.4) is 0 Å². The third-order valence-electron chi connectivity index (χ3n) is 10.7. The monoisotopic (exact) mass is 972 g/mol. The van der Waals surface area contributed by atoms with Crippen LogP contribution in [0.2, 0.25) is 39.3 Å². The summed E-state index contributed by atoms with van der Waals surface area (Å²) < 4.78 is 15.0. The topological polar surface area (TPSA) is 38.9 Å². The van der Waals surface area contributed by atoms with Gasteiger partial charge in [-0.15, -0.1) is 53.6 Å². The van der Waals surface area contributed by atoms with Crippen LogP contribution in [0.1, 0.15) is 52.0 Å². The van der Waals surface area contributed by atoms with Gasteiger partial charge < -0.3 is 14.4 Å². The quantitative estimate of drug-likeness (QED) is 0.112. The molecule has 0 bridgehead atoms. The van der Waals surface area contributed by atoms with Gasteiger partial charge in [0.25, 0.3) is 0 Å². The summed E-state index contributed by atoms with van der Waals surface area (Å²) in [6.07, 6.45) is 3.87. The van der Waals surface area contributed by atoms with E-state index in [2.05, 4.69) is 161 Å². The maximum Gasteiger partial charge on any atom is 0.121 e. The number of nitrogens with zero attached hydrogens (tertiary/aromatic N) is 2. The molecule has 0 atom stereocenters. The second kappa shape index (κ2) is 17.6. The third-order valence-corrected chi connectivity index (χ3v) is 14.7. The molecule has 3 aromatic heterocycles. The van der Waals surface area contributed by atoms with Gasteiger partial charge in [0.1, 0.15) is 5.58 Å². The molecule has 0 spiro atoms. The van der Waals surface area contributed by atoms with Gasteiger partial charge in [-0.25, -0.2) is 0 Å². The summed E-state index contributed by atoms with van der Waals surface area (Å²) in [6, 6.07) is 49.1. The summed E-state index contributed by atoms with van der Waals surface area (Å²) in [7, 11) is -2.87. The van der Waals surface area contributed by atoms with Crippen molar-refractivity contribution in [3.05, 3.63) is 157 Å². The van der Waals surface area contributed by atoms with Crippen LogP contribution >= 0.6 is 0 Å². The van der Waals surface area contributed by atoms with Crippen molar-refractivity contribution in [1.29, 1.82) is 0 Å². The zero-order valence-electron chi connectivity index (χ0n) is 36.4. The van der Waals surface area contributed by atoms with Crippen molar-refractivity contribution in [2.45, 2.75) is 78.8 Å². The Bertz CT molecular complexity index is 2700. The average Bonchev–Trinajstić information content (AvgIpc) is 3.59. The van der Waals surface area contributed by atoms with E-state index in [1.807, 2.05) is 56.6 Å². The van der Waals surface area contributed by atoms with Crippen LogP contribution in [-0.4, -0.2) is 26.1 Å². The van der Waals surface area contributed by atoms with Gasteiger partial charge in [0.2, 0.25) is 0 Å². The Balaban J connectivity index is 0.000000199. The molecule has 0 N–H and O–H groups in total. The zero-order chi connectivity index (χ0) is 41.4. The first kappa shape index (κ1) is 41.4. The van der Waals surface area contributed by atoms with Crippen molar-refractivity contribution < 1.29 is 25.9 Å². The molecule has 0 unspecified atom stereocenters. The Labute approximate surface area is 362 Å². The first-order chi connectivity index (χ1) is 27.5. The molecule has 0 aliphatic heterocycles. The summed E-state index contributed by atoms with van der Waals surface area (Å²) >= 11 is 0. The molecule has 0 aliphatic carbocycles. The van der Waals surface area contributed by atoms with Crippen LogP contribution in [0, 0.1) is 12.1 Å². The van der Waals surface area contributed by atoms with Crippen LogP contribution in [0.5, 0.6) is 0 Å². The van der Waals surface area contributed by atoms with E-state index in [9.17, 15) is 0 Å². The largest absolute Gasteiger partial charge is 0.501 e. The number of pyridine rings is 2. The third kappa shape index (κ3) is 9.43. The molecule has 8 aromatic rings. The maximum atomic E-state index is 8.61. The fourth-order valence-electron chi connectivity index (χ4n) is 7.26. The van der Waals surface area contributed by atoms with E-state index in [0.717, 1.165) is 55.6 Å². The SMILES string of the molecule is CC(C)c1ccnc(-c2[c-]ccc3c2oc2cc(-c4ccc([Si](C)(C)C)cc4)ccc23)c1.[2H]C(C)(C)c1cc(-c2[c-]ccc(-c3ccccc3)c2)ncc1[Si](C)(C)C.[Ir]. The molecule has 3 heterocycles. The molecule has 6 heteroatoms. The van der Waals surface area contributed by atoms with E-state index in [4.69, 9.17) is 10.8 Å². The second-order valence-electron chi connectivity index (χ2n) is 17.6. The number of rotatable bonds is 8. The molecule has 0 saturated carbocycles. The molecular formula is C52H54IrN2OSi2-2. The van der Waals surface area contributed by atoms with E-state index < -0.39 is 22.0 Å². The van der Waals surface area contributed by atoms with Crippen molar-refractivity contribution in [3.8, 4) is 44.8 Å². The van der Waals surface area contributed by atoms with E-state index in [0.29, 0.717) is 5.92 Å². The molecule has 0 saturated heterocycles. The summed E-state index contributed by atoms with van der Waals surface area (Å²) in [6.45, 7) is 22.4. The van der Waals surface area contributed by atoms with Gasteiger partial charge in [-0.3, -0.25) is 0 Å². The van der Waals surface area contributed by atoms with Gasteiger partial charge in [-0.2, -0.15) is 0 Å². The minimum Gasteiger partial charge on any atom is -0.501 e.